The summed E-state index contributed by atoms with van der Waals surface area (Å²) in [4.78, 5) is 4.77. The van der Waals surface area contributed by atoms with Gasteiger partial charge in [0, 0.05) is 69.6 Å². The van der Waals surface area contributed by atoms with E-state index in [1.54, 1.807) is 6.07 Å². The molecule has 0 amide bonds. The van der Waals surface area contributed by atoms with Gasteiger partial charge in [-0.3, -0.25) is 14.5 Å². The van der Waals surface area contributed by atoms with Gasteiger partial charge in [0.15, 0.2) is 0 Å². The van der Waals surface area contributed by atoms with E-state index in [2.05, 4.69) is 21.1 Å². The third-order valence-electron chi connectivity index (χ3n) is 5.21. The first-order chi connectivity index (χ1) is 12.2. The minimum Gasteiger partial charge on any atom is -0.375 e. The highest BCUT2D eigenvalue weighted by Crippen LogP contribution is 2.26. The zero-order valence-corrected chi connectivity index (χ0v) is 14.6. The third-order valence-corrected chi connectivity index (χ3v) is 5.21. The molecule has 0 bridgehead atoms. The van der Waals surface area contributed by atoms with E-state index in [0.29, 0.717) is 12.5 Å². The summed E-state index contributed by atoms with van der Waals surface area (Å²) in [5.74, 6) is 0.361. The molecule has 5 nitrogen and oxygen atoms in total. The smallest absolute Gasteiger partial charge is 0.127 e. The van der Waals surface area contributed by atoms with Gasteiger partial charge in [0.05, 0.1) is 18.9 Å². The molecule has 0 radical (unpaired) electrons. The van der Waals surface area contributed by atoms with Crippen molar-refractivity contribution in [3.05, 3.63) is 53.6 Å². The zero-order chi connectivity index (χ0) is 17.2. The molecule has 2 aromatic rings. The largest absolute Gasteiger partial charge is 0.375 e. The van der Waals surface area contributed by atoms with Crippen LogP contribution in [0, 0.1) is 11.7 Å². The standard InChI is InChI=1S/C19H25FN4O/c1-22-9-15(8-21-22)10-23-6-7-25-19-14-24(13-17(19)12-23)11-16-4-2-3-5-18(16)20/h2-5,8-9,17,19H,6-7,10-14H2,1H3/t17-,19+/m1/s1. The normalized spacial score (nSPS) is 25.0. The van der Waals surface area contributed by atoms with Gasteiger partial charge < -0.3 is 4.74 Å². The van der Waals surface area contributed by atoms with Crippen LogP contribution in [-0.4, -0.2) is 58.5 Å². The fraction of sp³-hybridized carbons (Fsp3) is 0.526. The molecule has 0 unspecified atom stereocenters. The first kappa shape index (κ1) is 16.7. The highest BCUT2D eigenvalue weighted by atomic mass is 19.1. The lowest BCUT2D eigenvalue weighted by Crippen LogP contribution is -2.32. The highest BCUT2D eigenvalue weighted by Gasteiger charge is 2.36. The number of hydrogen-bond donors (Lipinski definition) is 0. The van der Waals surface area contributed by atoms with Gasteiger partial charge in [-0.15, -0.1) is 0 Å². The molecule has 0 N–H and O–H groups in total. The van der Waals surface area contributed by atoms with E-state index in [1.807, 2.05) is 30.1 Å². The first-order valence-electron chi connectivity index (χ1n) is 8.94. The SMILES string of the molecule is Cn1cc(CN2CCO[C@H]3CN(Cc4ccccc4F)C[C@H]3C2)cn1. The van der Waals surface area contributed by atoms with Crippen LogP contribution in [0.5, 0.6) is 0 Å². The van der Waals surface area contributed by atoms with Crippen LogP contribution in [0.2, 0.25) is 0 Å². The summed E-state index contributed by atoms with van der Waals surface area (Å²) in [5, 5.41) is 4.25. The van der Waals surface area contributed by atoms with Crippen LogP contribution in [0.3, 0.4) is 0 Å². The van der Waals surface area contributed by atoms with E-state index < -0.39 is 0 Å². The summed E-state index contributed by atoms with van der Waals surface area (Å²) in [7, 11) is 1.95. The summed E-state index contributed by atoms with van der Waals surface area (Å²) in [6, 6.07) is 7.06. The number of aryl methyl sites for hydroxylation is 1. The number of likely N-dealkylation sites (tertiary alicyclic amines) is 1. The van der Waals surface area contributed by atoms with Crippen LogP contribution in [0.25, 0.3) is 0 Å². The van der Waals surface area contributed by atoms with Gasteiger partial charge in [-0.25, -0.2) is 4.39 Å². The number of benzene rings is 1. The molecule has 0 spiro atoms. The molecule has 2 atom stereocenters. The molecule has 4 rings (SSSR count). The van der Waals surface area contributed by atoms with Crippen molar-refractivity contribution < 1.29 is 9.13 Å². The van der Waals surface area contributed by atoms with Crippen LogP contribution in [-0.2, 0) is 24.9 Å². The number of aromatic nitrogens is 2. The molecule has 1 aromatic carbocycles. The van der Waals surface area contributed by atoms with Crippen molar-refractivity contribution in [2.24, 2.45) is 13.0 Å². The lowest BCUT2D eigenvalue weighted by Gasteiger charge is -2.23. The number of ether oxygens (including phenoxy) is 1. The number of hydrogen-bond acceptors (Lipinski definition) is 4. The van der Waals surface area contributed by atoms with E-state index in [0.717, 1.165) is 44.9 Å². The van der Waals surface area contributed by atoms with E-state index in [9.17, 15) is 4.39 Å². The minimum atomic E-state index is -0.117. The third kappa shape index (κ3) is 3.92. The number of fused-ring (bicyclic) bond motifs is 1. The van der Waals surface area contributed by atoms with Gasteiger partial charge in [-0.05, 0) is 6.07 Å². The first-order valence-corrected chi connectivity index (χ1v) is 8.94. The van der Waals surface area contributed by atoms with Crippen LogP contribution in [0.1, 0.15) is 11.1 Å². The van der Waals surface area contributed by atoms with Crippen molar-refractivity contribution in [1.29, 1.82) is 0 Å². The van der Waals surface area contributed by atoms with Crippen molar-refractivity contribution in [2.75, 3.05) is 32.8 Å². The quantitative estimate of drug-likeness (QED) is 0.848. The Balaban J connectivity index is 1.38. The Hall–Kier alpha value is -1.76. The average Bonchev–Trinajstić information content (AvgIpc) is 3.11. The summed E-state index contributed by atoms with van der Waals surface area (Å²) >= 11 is 0. The maximum atomic E-state index is 13.9. The maximum absolute atomic E-state index is 13.9. The van der Waals surface area contributed by atoms with Crippen LogP contribution in [0.4, 0.5) is 4.39 Å². The Kier molecular flexibility index (Phi) is 4.83. The molecule has 134 valence electrons. The van der Waals surface area contributed by atoms with Gasteiger partial charge in [0.1, 0.15) is 5.82 Å². The van der Waals surface area contributed by atoms with Crippen molar-refractivity contribution in [3.8, 4) is 0 Å². The molecule has 25 heavy (non-hydrogen) atoms. The van der Waals surface area contributed by atoms with Crippen LogP contribution >= 0.6 is 0 Å². The number of halogens is 1. The topological polar surface area (TPSA) is 33.5 Å². The Morgan fingerprint density at radius 1 is 1.16 bits per heavy atom. The molecular formula is C19H25FN4O. The number of rotatable bonds is 4. The Labute approximate surface area is 148 Å². The second-order valence-electron chi connectivity index (χ2n) is 7.21. The predicted molar refractivity (Wildman–Crippen MR) is 93.4 cm³/mol. The van der Waals surface area contributed by atoms with Gasteiger partial charge in [-0.2, -0.15) is 5.10 Å². The monoisotopic (exact) mass is 344 g/mol. The minimum absolute atomic E-state index is 0.117. The number of nitrogens with zero attached hydrogens (tertiary/aromatic N) is 4. The van der Waals surface area contributed by atoms with Crippen molar-refractivity contribution in [3.63, 3.8) is 0 Å². The fourth-order valence-corrected chi connectivity index (χ4v) is 4.00. The Morgan fingerprint density at radius 2 is 2.00 bits per heavy atom. The Bertz CT molecular complexity index is 719. The summed E-state index contributed by atoms with van der Waals surface area (Å²) in [6.45, 7) is 6.15. The predicted octanol–water partition coefficient (Wildman–Crippen LogP) is 1.89. The maximum Gasteiger partial charge on any atom is 0.127 e. The van der Waals surface area contributed by atoms with E-state index in [4.69, 9.17) is 4.74 Å². The highest BCUT2D eigenvalue weighted by molar-refractivity contribution is 5.17. The molecule has 6 heteroatoms. The second-order valence-corrected chi connectivity index (χ2v) is 7.21. The summed E-state index contributed by atoms with van der Waals surface area (Å²) in [5.41, 5.74) is 2.01. The van der Waals surface area contributed by atoms with Crippen LogP contribution in [0.15, 0.2) is 36.7 Å². The van der Waals surface area contributed by atoms with Crippen molar-refractivity contribution in [1.82, 2.24) is 19.6 Å². The van der Waals surface area contributed by atoms with E-state index in [1.165, 1.54) is 11.6 Å². The molecule has 0 aliphatic carbocycles. The lowest BCUT2D eigenvalue weighted by molar-refractivity contribution is 0.0509. The molecule has 2 saturated heterocycles. The summed E-state index contributed by atoms with van der Waals surface area (Å²) < 4.78 is 21.9. The molecule has 2 fully saturated rings. The van der Waals surface area contributed by atoms with Gasteiger partial charge in [0.25, 0.3) is 0 Å². The van der Waals surface area contributed by atoms with Gasteiger partial charge in [0.2, 0.25) is 0 Å². The van der Waals surface area contributed by atoms with Gasteiger partial charge >= 0.3 is 0 Å². The second kappa shape index (κ2) is 7.23. The van der Waals surface area contributed by atoms with E-state index >= 15 is 0 Å². The van der Waals surface area contributed by atoms with Crippen molar-refractivity contribution >= 4 is 0 Å². The van der Waals surface area contributed by atoms with Crippen molar-refractivity contribution in [2.45, 2.75) is 19.2 Å². The fourth-order valence-electron chi connectivity index (χ4n) is 4.00. The molecular weight excluding hydrogens is 319 g/mol. The lowest BCUT2D eigenvalue weighted by atomic mass is 10.1. The van der Waals surface area contributed by atoms with Crippen LogP contribution < -0.4 is 0 Å². The summed E-state index contributed by atoms with van der Waals surface area (Å²) in [6.07, 6.45) is 4.26. The molecule has 2 aliphatic rings. The average molecular weight is 344 g/mol. The molecule has 0 saturated carbocycles. The molecule has 1 aromatic heterocycles. The van der Waals surface area contributed by atoms with Gasteiger partial charge in [-0.1, -0.05) is 18.2 Å². The zero-order valence-electron chi connectivity index (χ0n) is 14.6. The Morgan fingerprint density at radius 3 is 2.80 bits per heavy atom. The molecule has 2 aliphatic heterocycles. The van der Waals surface area contributed by atoms with E-state index in [-0.39, 0.29) is 11.9 Å². The molecule has 3 heterocycles.